The Labute approximate surface area is 110 Å². The van der Waals surface area contributed by atoms with E-state index in [1.54, 1.807) is 7.11 Å². The van der Waals surface area contributed by atoms with Gasteiger partial charge in [0.25, 0.3) is 0 Å². The predicted molar refractivity (Wildman–Crippen MR) is 73.5 cm³/mol. The van der Waals surface area contributed by atoms with E-state index in [4.69, 9.17) is 10.5 Å². The summed E-state index contributed by atoms with van der Waals surface area (Å²) in [6, 6.07) is 4.28. The van der Waals surface area contributed by atoms with Gasteiger partial charge in [-0.25, -0.2) is 0 Å². The average Bonchev–Trinajstić information content (AvgIpc) is 2.89. The van der Waals surface area contributed by atoms with Gasteiger partial charge in [-0.2, -0.15) is 0 Å². The van der Waals surface area contributed by atoms with Crippen molar-refractivity contribution in [1.82, 2.24) is 4.98 Å². The summed E-state index contributed by atoms with van der Waals surface area (Å²) >= 11 is 0. The summed E-state index contributed by atoms with van der Waals surface area (Å²) < 4.78 is 5.72. The van der Waals surface area contributed by atoms with E-state index in [9.17, 15) is 0 Å². The van der Waals surface area contributed by atoms with Gasteiger partial charge in [-0.05, 0) is 30.9 Å². The van der Waals surface area contributed by atoms with E-state index < -0.39 is 0 Å². The molecule has 1 unspecified atom stereocenters. The lowest BCUT2D eigenvalue weighted by Gasteiger charge is -2.33. The first kappa shape index (κ1) is 13.5. The molecule has 3 nitrogen and oxygen atoms in total. The number of methoxy groups -OCH3 is 1. The van der Waals surface area contributed by atoms with Gasteiger partial charge >= 0.3 is 0 Å². The zero-order valence-electron chi connectivity index (χ0n) is 11.5. The Kier molecular flexibility index (Phi) is 4.36. The summed E-state index contributed by atoms with van der Waals surface area (Å²) in [6.07, 6.45) is 8.40. The summed E-state index contributed by atoms with van der Waals surface area (Å²) in [5.74, 6) is 0. The molecule has 1 heterocycles. The van der Waals surface area contributed by atoms with Crippen LogP contribution >= 0.6 is 0 Å². The van der Waals surface area contributed by atoms with Gasteiger partial charge < -0.3 is 10.5 Å². The van der Waals surface area contributed by atoms with Crippen molar-refractivity contribution in [3.05, 3.63) is 29.6 Å². The van der Waals surface area contributed by atoms with Gasteiger partial charge in [-0.1, -0.05) is 25.8 Å². The maximum absolute atomic E-state index is 6.36. The fourth-order valence-electron chi connectivity index (χ4n) is 2.90. The minimum absolute atomic E-state index is 0.0463. The van der Waals surface area contributed by atoms with Crippen LogP contribution in [0.4, 0.5) is 0 Å². The van der Waals surface area contributed by atoms with E-state index in [1.165, 1.54) is 18.4 Å². The number of aromatic nitrogens is 1. The molecule has 1 saturated carbocycles. The number of rotatable bonds is 5. The summed E-state index contributed by atoms with van der Waals surface area (Å²) in [4.78, 5) is 4.49. The highest BCUT2D eigenvalue weighted by molar-refractivity contribution is 5.15. The molecule has 0 spiro atoms. The Morgan fingerprint density at radius 3 is 2.61 bits per heavy atom. The Balaban J connectivity index is 2.03. The molecule has 0 bridgehead atoms. The van der Waals surface area contributed by atoms with Crippen LogP contribution in [-0.4, -0.2) is 23.7 Å². The van der Waals surface area contributed by atoms with Crippen molar-refractivity contribution in [2.75, 3.05) is 7.11 Å². The molecule has 2 rings (SSSR count). The fourth-order valence-corrected chi connectivity index (χ4v) is 2.90. The van der Waals surface area contributed by atoms with Crippen LogP contribution in [0.15, 0.2) is 18.3 Å². The van der Waals surface area contributed by atoms with Gasteiger partial charge in [0, 0.05) is 31.5 Å². The lowest BCUT2D eigenvalue weighted by atomic mass is 9.89. The SMILES string of the molecule is CCc1ccc(CC(N)C2(OC)CCCC2)nc1. The third-order valence-electron chi connectivity index (χ3n) is 4.26. The van der Waals surface area contributed by atoms with Gasteiger partial charge in [0.2, 0.25) is 0 Å². The van der Waals surface area contributed by atoms with Crippen molar-refractivity contribution in [3.63, 3.8) is 0 Å². The maximum Gasteiger partial charge on any atom is 0.0832 e. The number of nitrogens with zero attached hydrogens (tertiary/aromatic N) is 1. The first-order valence-electron chi connectivity index (χ1n) is 6.95. The smallest absolute Gasteiger partial charge is 0.0832 e. The molecule has 0 amide bonds. The third-order valence-corrected chi connectivity index (χ3v) is 4.26. The number of pyridine rings is 1. The zero-order chi connectivity index (χ0) is 13.0. The van der Waals surface area contributed by atoms with E-state index in [1.807, 2.05) is 6.20 Å². The van der Waals surface area contributed by atoms with Crippen LogP contribution in [0.25, 0.3) is 0 Å². The lowest BCUT2D eigenvalue weighted by Crippen LogP contribution is -2.48. The Morgan fingerprint density at radius 2 is 2.11 bits per heavy atom. The second-order valence-corrected chi connectivity index (χ2v) is 5.30. The highest BCUT2D eigenvalue weighted by Crippen LogP contribution is 2.35. The minimum atomic E-state index is -0.120. The van der Waals surface area contributed by atoms with E-state index in [0.29, 0.717) is 0 Å². The normalized spacial score (nSPS) is 19.9. The second-order valence-electron chi connectivity index (χ2n) is 5.30. The molecular formula is C15H24N2O. The molecule has 0 radical (unpaired) electrons. The number of nitrogens with two attached hydrogens (primary N) is 1. The van der Waals surface area contributed by atoms with Gasteiger partial charge in [0.1, 0.15) is 0 Å². The fraction of sp³-hybridized carbons (Fsp3) is 0.667. The van der Waals surface area contributed by atoms with E-state index in [-0.39, 0.29) is 11.6 Å². The topological polar surface area (TPSA) is 48.1 Å². The van der Waals surface area contributed by atoms with E-state index >= 15 is 0 Å². The molecule has 1 fully saturated rings. The Bertz CT molecular complexity index is 369. The van der Waals surface area contributed by atoms with Crippen molar-refractivity contribution in [1.29, 1.82) is 0 Å². The number of aryl methyl sites for hydroxylation is 1. The van der Waals surface area contributed by atoms with Crippen molar-refractivity contribution in [2.45, 2.75) is 57.1 Å². The maximum atomic E-state index is 6.36. The quantitative estimate of drug-likeness (QED) is 0.871. The molecule has 1 aromatic heterocycles. The average molecular weight is 248 g/mol. The minimum Gasteiger partial charge on any atom is -0.377 e. The molecule has 100 valence electrons. The van der Waals surface area contributed by atoms with Gasteiger partial charge in [0.15, 0.2) is 0 Å². The lowest BCUT2D eigenvalue weighted by molar-refractivity contribution is -0.0255. The predicted octanol–water partition coefficient (Wildman–Crippen LogP) is 2.47. The van der Waals surface area contributed by atoms with Crippen LogP contribution < -0.4 is 5.73 Å². The van der Waals surface area contributed by atoms with Crippen molar-refractivity contribution >= 4 is 0 Å². The van der Waals surface area contributed by atoms with Crippen LogP contribution in [0.5, 0.6) is 0 Å². The van der Waals surface area contributed by atoms with Gasteiger partial charge in [-0.3, -0.25) is 4.98 Å². The van der Waals surface area contributed by atoms with E-state index in [0.717, 1.165) is 31.4 Å². The Morgan fingerprint density at radius 1 is 1.39 bits per heavy atom. The van der Waals surface area contributed by atoms with Crippen molar-refractivity contribution in [3.8, 4) is 0 Å². The van der Waals surface area contributed by atoms with Gasteiger partial charge in [0.05, 0.1) is 5.60 Å². The van der Waals surface area contributed by atoms with Crippen LogP contribution in [0.2, 0.25) is 0 Å². The highest BCUT2D eigenvalue weighted by Gasteiger charge is 2.39. The first-order chi connectivity index (χ1) is 8.70. The molecule has 1 aliphatic rings. The monoisotopic (exact) mass is 248 g/mol. The van der Waals surface area contributed by atoms with Crippen molar-refractivity contribution in [2.24, 2.45) is 5.73 Å². The molecule has 1 aliphatic carbocycles. The standard InChI is InChI=1S/C15H24N2O/c1-3-12-6-7-13(17-11-12)10-14(16)15(18-2)8-4-5-9-15/h6-7,11,14H,3-5,8-10,16H2,1-2H3. The molecule has 3 heteroatoms. The third kappa shape index (κ3) is 2.73. The summed E-state index contributed by atoms with van der Waals surface area (Å²) in [7, 11) is 1.79. The molecule has 0 aromatic carbocycles. The van der Waals surface area contributed by atoms with Crippen LogP contribution in [0.3, 0.4) is 0 Å². The number of hydrogen-bond donors (Lipinski definition) is 1. The van der Waals surface area contributed by atoms with Crippen LogP contribution in [-0.2, 0) is 17.6 Å². The molecule has 0 saturated heterocycles. The van der Waals surface area contributed by atoms with Crippen LogP contribution in [0, 0.1) is 0 Å². The molecule has 2 N–H and O–H groups in total. The summed E-state index contributed by atoms with van der Waals surface area (Å²) in [6.45, 7) is 2.14. The summed E-state index contributed by atoms with van der Waals surface area (Å²) in [5, 5.41) is 0. The molecule has 0 aliphatic heterocycles. The molecular weight excluding hydrogens is 224 g/mol. The van der Waals surface area contributed by atoms with E-state index in [2.05, 4.69) is 24.0 Å². The molecule has 1 atom stereocenters. The van der Waals surface area contributed by atoms with Crippen molar-refractivity contribution < 1.29 is 4.74 Å². The largest absolute Gasteiger partial charge is 0.377 e. The van der Waals surface area contributed by atoms with Crippen LogP contribution in [0.1, 0.15) is 43.9 Å². The molecule has 1 aromatic rings. The molecule has 18 heavy (non-hydrogen) atoms. The van der Waals surface area contributed by atoms with Gasteiger partial charge in [-0.15, -0.1) is 0 Å². The number of hydrogen-bond acceptors (Lipinski definition) is 3. The first-order valence-corrected chi connectivity index (χ1v) is 6.95. The highest BCUT2D eigenvalue weighted by atomic mass is 16.5. The summed E-state index contributed by atoms with van der Waals surface area (Å²) in [5.41, 5.74) is 8.59. The zero-order valence-corrected chi connectivity index (χ0v) is 11.5. The number of ether oxygens (including phenoxy) is 1. The second kappa shape index (κ2) is 5.81. The Hall–Kier alpha value is -0.930.